The molecule has 0 atom stereocenters. The molecule has 1 aliphatic rings. The first-order valence-electron chi connectivity index (χ1n) is 9.98. The molecule has 0 saturated heterocycles. The number of guanidine groups is 1. The molecule has 1 aliphatic carbocycles. The fraction of sp³-hybridized carbons (Fsp3) is 0.435. The average molecular weight is 381 g/mol. The van der Waals surface area contributed by atoms with Crippen LogP contribution in [0.2, 0.25) is 0 Å². The summed E-state index contributed by atoms with van der Waals surface area (Å²) in [6.45, 7) is 3.21. The van der Waals surface area contributed by atoms with E-state index in [9.17, 15) is 0 Å². The molecule has 0 bridgehead atoms. The maximum absolute atomic E-state index is 5.82. The monoisotopic (exact) mass is 380 g/mol. The first-order chi connectivity index (χ1) is 13.6. The third-order valence-electron chi connectivity index (χ3n) is 5.22. The van der Waals surface area contributed by atoms with Gasteiger partial charge in [-0.1, -0.05) is 42.5 Å². The van der Waals surface area contributed by atoms with Crippen LogP contribution in [-0.4, -0.2) is 51.7 Å². The van der Waals surface area contributed by atoms with Gasteiger partial charge in [-0.15, -0.1) is 0 Å². The Bertz CT molecular complexity index is 769. The van der Waals surface area contributed by atoms with E-state index in [1.54, 1.807) is 0 Å². The highest BCUT2D eigenvalue weighted by atomic mass is 16.5. The molecule has 28 heavy (non-hydrogen) atoms. The molecule has 0 aromatic heterocycles. The number of likely N-dealkylation sites (N-methyl/N-ethyl adjacent to an activating group) is 1. The van der Waals surface area contributed by atoms with Gasteiger partial charge in [0.2, 0.25) is 0 Å². The summed E-state index contributed by atoms with van der Waals surface area (Å²) in [5, 5.41) is 6.92. The van der Waals surface area contributed by atoms with Gasteiger partial charge in [-0.2, -0.15) is 0 Å². The first-order valence-corrected chi connectivity index (χ1v) is 9.98. The summed E-state index contributed by atoms with van der Waals surface area (Å²) in [5.74, 6) is 1.74. The number of nitrogens with one attached hydrogen (secondary N) is 2. The fourth-order valence-corrected chi connectivity index (χ4v) is 3.26. The smallest absolute Gasteiger partial charge is 0.191 e. The normalized spacial score (nSPS) is 15.4. The lowest BCUT2D eigenvalue weighted by atomic mass is 9.96. The minimum Gasteiger partial charge on any atom is -0.492 e. The van der Waals surface area contributed by atoms with Gasteiger partial charge in [0.15, 0.2) is 5.96 Å². The molecule has 1 saturated carbocycles. The Hall–Kier alpha value is -2.53. The maximum Gasteiger partial charge on any atom is 0.191 e. The highest BCUT2D eigenvalue weighted by molar-refractivity contribution is 5.79. The quantitative estimate of drug-likeness (QED) is 0.519. The second-order valence-electron chi connectivity index (χ2n) is 7.72. The van der Waals surface area contributed by atoms with Gasteiger partial charge in [-0.3, -0.25) is 4.99 Å². The van der Waals surface area contributed by atoms with Crippen molar-refractivity contribution in [3.05, 3.63) is 65.7 Å². The first kappa shape index (κ1) is 20.2. The van der Waals surface area contributed by atoms with Gasteiger partial charge in [0.05, 0.1) is 0 Å². The summed E-state index contributed by atoms with van der Waals surface area (Å²) < 4.78 is 5.82. The minimum absolute atomic E-state index is 0.263. The Kier molecular flexibility index (Phi) is 6.93. The molecule has 0 heterocycles. The Morgan fingerprint density at radius 2 is 1.86 bits per heavy atom. The number of rotatable bonds is 9. The third-order valence-corrected chi connectivity index (χ3v) is 5.22. The molecule has 2 aromatic carbocycles. The van der Waals surface area contributed by atoms with Crippen molar-refractivity contribution in [1.82, 2.24) is 15.5 Å². The predicted molar refractivity (Wildman–Crippen MR) is 116 cm³/mol. The van der Waals surface area contributed by atoms with Crippen LogP contribution >= 0.6 is 0 Å². The molecular weight excluding hydrogens is 348 g/mol. The summed E-state index contributed by atoms with van der Waals surface area (Å²) in [6, 6.07) is 19.0. The number of hydrogen-bond donors (Lipinski definition) is 2. The Morgan fingerprint density at radius 1 is 1.07 bits per heavy atom. The van der Waals surface area contributed by atoms with Crippen molar-refractivity contribution < 1.29 is 4.74 Å². The van der Waals surface area contributed by atoms with Crippen molar-refractivity contribution in [2.45, 2.75) is 24.8 Å². The fourth-order valence-electron chi connectivity index (χ4n) is 3.26. The van der Waals surface area contributed by atoms with E-state index in [1.165, 1.54) is 24.0 Å². The third kappa shape index (κ3) is 5.73. The Morgan fingerprint density at radius 3 is 2.54 bits per heavy atom. The molecule has 0 amide bonds. The lowest BCUT2D eigenvalue weighted by molar-refractivity contribution is 0.261. The van der Waals surface area contributed by atoms with Gasteiger partial charge >= 0.3 is 0 Å². The molecule has 2 aromatic rings. The largest absolute Gasteiger partial charge is 0.492 e. The van der Waals surface area contributed by atoms with E-state index >= 15 is 0 Å². The molecule has 0 radical (unpaired) electrons. The lowest BCUT2D eigenvalue weighted by Crippen LogP contribution is -2.40. The summed E-state index contributed by atoms with van der Waals surface area (Å²) >= 11 is 0. The van der Waals surface area contributed by atoms with Crippen LogP contribution in [0, 0.1) is 0 Å². The predicted octanol–water partition coefficient (Wildman–Crippen LogP) is 3.02. The second kappa shape index (κ2) is 9.60. The molecule has 150 valence electrons. The van der Waals surface area contributed by atoms with Gasteiger partial charge in [-0.25, -0.2) is 0 Å². The van der Waals surface area contributed by atoms with Crippen LogP contribution in [0.4, 0.5) is 0 Å². The van der Waals surface area contributed by atoms with Crippen LogP contribution in [0.25, 0.3) is 0 Å². The van der Waals surface area contributed by atoms with Crippen LogP contribution in [0.15, 0.2) is 59.6 Å². The zero-order valence-electron chi connectivity index (χ0n) is 17.2. The van der Waals surface area contributed by atoms with Crippen molar-refractivity contribution in [1.29, 1.82) is 0 Å². The van der Waals surface area contributed by atoms with Crippen LogP contribution in [0.1, 0.15) is 24.0 Å². The molecule has 3 rings (SSSR count). The molecule has 5 nitrogen and oxygen atoms in total. The summed E-state index contributed by atoms with van der Waals surface area (Å²) in [7, 11) is 5.91. The van der Waals surface area contributed by atoms with E-state index < -0.39 is 0 Å². The van der Waals surface area contributed by atoms with Gasteiger partial charge in [0.25, 0.3) is 0 Å². The Balaban J connectivity index is 1.48. The number of nitrogens with zero attached hydrogens (tertiary/aromatic N) is 2. The van der Waals surface area contributed by atoms with Gasteiger partial charge in [0, 0.05) is 32.1 Å². The number of ether oxygens (including phenoxy) is 1. The number of hydrogen-bond acceptors (Lipinski definition) is 3. The highest BCUT2D eigenvalue weighted by Crippen LogP contribution is 2.47. The number of aliphatic imine (C=N–C) groups is 1. The second-order valence-corrected chi connectivity index (χ2v) is 7.72. The van der Waals surface area contributed by atoms with Gasteiger partial charge in [-0.05, 0) is 50.2 Å². The van der Waals surface area contributed by atoms with Crippen LogP contribution in [0.3, 0.4) is 0 Å². The van der Waals surface area contributed by atoms with Gasteiger partial charge < -0.3 is 20.3 Å². The molecule has 0 spiro atoms. The maximum atomic E-state index is 5.82. The molecule has 5 heteroatoms. The Labute approximate surface area is 168 Å². The zero-order chi connectivity index (χ0) is 19.8. The number of benzene rings is 2. The van der Waals surface area contributed by atoms with E-state index in [4.69, 9.17) is 4.74 Å². The van der Waals surface area contributed by atoms with E-state index in [2.05, 4.69) is 63.0 Å². The molecule has 1 fully saturated rings. The molecule has 2 N–H and O–H groups in total. The molecule has 0 unspecified atom stereocenters. The van der Waals surface area contributed by atoms with Crippen LogP contribution in [0.5, 0.6) is 5.75 Å². The van der Waals surface area contributed by atoms with Gasteiger partial charge in [0.1, 0.15) is 12.4 Å². The van der Waals surface area contributed by atoms with Crippen LogP contribution in [-0.2, 0) is 12.0 Å². The SMILES string of the molecule is CN=C(NCc1cccc(OCCN(C)C)c1)NCC1(c2ccccc2)CC1. The van der Waals surface area contributed by atoms with E-state index in [0.29, 0.717) is 13.2 Å². The lowest BCUT2D eigenvalue weighted by Gasteiger charge is -2.19. The van der Waals surface area contributed by atoms with Crippen molar-refractivity contribution >= 4 is 5.96 Å². The average Bonchev–Trinajstić information content (AvgIpc) is 3.50. The summed E-state index contributed by atoms with van der Waals surface area (Å²) in [6.07, 6.45) is 2.46. The van der Waals surface area contributed by atoms with Crippen molar-refractivity contribution in [2.24, 2.45) is 4.99 Å². The summed E-state index contributed by atoms with van der Waals surface area (Å²) in [4.78, 5) is 6.49. The van der Waals surface area contributed by atoms with Crippen molar-refractivity contribution in [3.63, 3.8) is 0 Å². The summed E-state index contributed by atoms with van der Waals surface area (Å²) in [5.41, 5.74) is 2.86. The molecule has 0 aliphatic heterocycles. The molecular formula is C23H32N4O. The topological polar surface area (TPSA) is 48.9 Å². The van der Waals surface area contributed by atoms with E-state index in [1.807, 2.05) is 33.3 Å². The minimum atomic E-state index is 0.263. The standard InChI is InChI=1S/C23H32N4O/c1-24-22(26-18-23(12-13-23)20-9-5-4-6-10-20)25-17-19-8-7-11-21(16-19)28-15-14-27(2)3/h4-11,16H,12-15,17-18H2,1-3H3,(H2,24,25,26). The highest BCUT2D eigenvalue weighted by Gasteiger charge is 2.43. The zero-order valence-corrected chi connectivity index (χ0v) is 17.2. The van der Waals surface area contributed by atoms with Crippen LogP contribution < -0.4 is 15.4 Å². The van der Waals surface area contributed by atoms with Crippen molar-refractivity contribution in [3.8, 4) is 5.75 Å². The van der Waals surface area contributed by atoms with Crippen molar-refractivity contribution in [2.75, 3.05) is 40.8 Å². The van der Waals surface area contributed by atoms with E-state index in [0.717, 1.165) is 24.8 Å². The van der Waals surface area contributed by atoms with E-state index in [-0.39, 0.29) is 5.41 Å².